The van der Waals surface area contributed by atoms with Gasteiger partial charge in [-0.25, -0.2) is 9.78 Å². The normalized spacial score (nSPS) is 10.2. The molecule has 0 fully saturated rings. The molecule has 0 aliphatic carbocycles. The zero-order chi connectivity index (χ0) is 16.3. The molecule has 0 atom stereocenters. The molecule has 2 aromatic rings. The second-order valence-electron chi connectivity index (χ2n) is 4.73. The minimum Gasteiger partial charge on any atom is -0.465 e. The molecule has 2 rings (SSSR count). The van der Waals surface area contributed by atoms with Gasteiger partial charge in [-0.1, -0.05) is 6.07 Å². The fourth-order valence-electron chi connectivity index (χ4n) is 1.92. The largest absolute Gasteiger partial charge is 0.465 e. The number of rotatable bonds is 3. The number of carbonyl (C=O) groups is 1. The highest BCUT2D eigenvalue weighted by atomic mass is 32.1. The molecule has 5 nitrogen and oxygen atoms in total. The van der Waals surface area contributed by atoms with Crippen molar-refractivity contribution >= 4 is 45.5 Å². The summed E-state index contributed by atoms with van der Waals surface area (Å²) in [6, 6.07) is 3.80. The van der Waals surface area contributed by atoms with Crippen molar-refractivity contribution in [3.63, 3.8) is 0 Å². The van der Waals surface area contributed by atoms with Crippen LogP contribution in [0.25, 0.3) is 0 Å². The topological polar surface area (TPSA) is 63.2 Å². The molecule has 7 heteroatoms. The molecule has 0 radical (unpaired) electrons. The van der Waals surface area contributed by atoms with Gasteiger partial charge in [0.25, 0.3) is 0 Å². The molecular weight excluding hydrogens is 318 g/mol. The number of thiocarbonyl (C=S) groups is 1. The average molecular weight is 335 g/mol. The van der Waals surface area contributed by atoms with E-state index in [1.54, 1.807) is 6.20 Å². The Morgan fingerprint density at radius 2 is 2.05 bits per heavy atom. The molecule has 0 aromatic carbocycles. The van der Waals surface area contributed by atoms with Gasteiger partial charge in [0.15, 0.2) is 5.11 Å². The zero-order valence-corrected chi connectivity index (χ0v) is 14.4. The molecule has 0 unspecified atom stereocenters. The highest BCUT2D eigenvalue weighted by molar-refractivity contribution is 7.80. The van der Waals surface area contributed by atoms with E-state index < -0.39 is 0 Å². The SMILES string of the molecule is COC(=O)c1c(NC(=S)Nc2ncccc2C)sc(C)c1C. The van der Waals surface area contributed by atoms with Crippen molar-refractivity contribution in [1.82, 2.24) is 4.98 Å². The van der Waals surface area contributed by atoms with Gasteiger partial charge in [0.2, 0.25) is 0 Å². The van der Waals surface area contributed by atoms with Crippen LogP contribution in [-0.4, -0.2) is 23.2 Å². The quantitative estimate of drug-likeness (QED) is 0.659. The Hall–Kier alpha value is -1.99. The van der Waals surface area contributed by atoms with Gasteiger partial charge < -0.3 is 15.4 Å². The van der Waals surface area contributed by atoms with Crippen molar-refractivity contribution in [2.24, 2.45) is 0 Å². The zero-order valence-electron chi connectivity index (χ0n) is 12.8. The van der Waals surface area contributed by atoms with E-state index in [-0.39, 0.29) is 5.97 Å². The summed E-state index contributed by atoms with van der Waals surface area (Å²) in [6.45, 7) is 5.79. The van der Waals surface area contributed by atoms with Crippen LogP contribution in [0.15, 0.2) is 18.3 Å². The van der Waals surface area contributed by atoms with E-state index in [2.05, 4.69) is 15.6 Å². The Kier molecular flexibility index (Phi) is 5.10. The summed E-state index contributed by atoms with van der Waals surface area (Å²) in [4.78, 5) is 17.2. The smallest absolute Gasteiger partial charge is 0.341 e. The summed E-state index contributed by atoms with van der Waals surface area (Å²) in [7, 11) is 1.37. The third-order valence-electron chi connectivity index (χ3n) is 3.24. The van der Waals surface area contributed by atoms with Crippen LogP contribution in [0.4, 0.5) is 10.8 Å². The van der Waals surface area contributed by atoms with E-state index in [1.807, 2.05) is 32.9 Å². The minimum absolute atomic E-state index is 0.374. The number of aromatic nitrogens is 1. The number of aryl methyl sites for hydroxylation is 2. The van der Waals surface area contributed by atoms with Crippen molar-refractivity contribution in [1.29, 1.82) is 0 Å². The molecular formula is C15H17N3O2S2. The lowest BCUT2D eigenvalue weighted by Crippen LogP contribution is -2.21. The lowest BCUT2D eigenvalue weighted by Gasteiger charge is -2.11. The summed E-state index contributed by atoms with van der Waals surface area (Å²) in [6.07, 6.45) is 1.69. The van der Waals surface area contributed by atoms with Gasteiger partial charge >= 0.3 is 5.97 Å². The second kappa shape index (κ2) is 6.85. The van der Waals surface area contributed by atoms with Gasteiger partial charge in [0.1, 0.15) is 10.8 Å². The van der Waals surface area contributed by atoms with Gasteiger partial charge in [-0.15, -0.1) is 11.3 Å². The van der Waals surface area contributed by atoms with Crippen LogP contribution in [0, 0.1) is 20.8 Å². The maximum absolute atomic E-state index is 11.9. The number of carbonyl (C=O) groups excluding carboxylic acids is 1. The number of hydrogen-bond donors (Lipinski definition) is 2. The van der Waals surface area contributed by atoms with Crippen LogP contribution in [0.3, 0.4) is 0 Å². The standard InChI is InChI=1S/C15H17N3O2S2/c1-8-6-5-7-16-12(8)17-15(21)18-13-11(14(19)20-4)9(2)10(3)22-13/h5-7H,1-4H3,(H2,16,17,18,21). The van der Waals surface area contributed by atoms with Crippen LogP contribution in [-0.2, 0) is 4.74 Å². The third-order valence-corrected chi connectivity index (χ3v) is 4.57. The number of pyridine rings is 1. The molecule has 0 bridgehead atoms. The number of nitrogens with one attached hydrogen (secondary N) is 2. The summed E-state index contributed by atoms with van der Waals surface area (Å²) in [5, 5.41) is 7.15. The van der Waals surface area contributed by atoms with Crippen LogP contribution in [0.5, 0.6) is 0 Å². The van der Waals surface area contributed by atoms with Gasteiger partial charge in [-0.05, 0) is 50.2 Å². The van der Waals surface area contributed by atoms with E-state index in [4.69, 9.17) is 17.0 Å². The minimum atomic E-state index is -0.374. The fourth-order valence-corrected chi connectivity index (χ4v) is 3.24. The predicted molar refractivity (Wildman–Crippen MR) is 93.9 cm³/mol. The predicted octanol–water partition coefficient (Wildman–Crippen LogP) is 3.66. The molecule has 0 spiro atoms. The monoisotopic (exact) mass is 335 g/mol. The number of anilines is 2. The molecule has 0 aliphatic heterocycles. The molecule has 0 saturated heterocycles. The molecule has 2 aromatic heterocycles. The van der Waals surface area contributed by atoms with E-state index in [0.29, 0.717) is 21.5 Å². The first-order valence-electron chi connectivity index (χ1n) is 6.62. The number of esters is 1. The summed E-state index contributed by atoms with van der Waals surface area (Å²) in [5.41, 5.74) is 2.40. The van der Waals surface area contributed by atoms with Crippen LogP contribution >= 0.6 is 23.6 Å². The number of hydrogen-bond acceptors (Lipinski definition) is 5. The van der Waals surface area contributed by atoms with Crippen molar-refractivity contribution in [3.05, 3.63) is 39.9 Å². The number of nitrogens with zero attached hydrogens (tertiary/aromatic N) is 1. The van der Waals surface area contributed by atoms with E-state index in [9.17, 15) is 4.79 Å². The van der Waals surface area contributed by atoms with Crippen molar-refractivity contribution in [2.75, 3.05) is 17.7 Å². The molecule has 2 heterocycles. The number of ether oxygens (including phenoxy) is 1. The van der Waals surface area contributed by atoms with E-state index >= 15 is 0 Å². The van der Waals surface area contributed by atoms with Gasteiger partial charge in [-0.3, -0.25) is 0 Å². The molecule has 2 N–H and O–H groups in total. The van der Waals surface area contributed by atoms with Crippen LogP contribution in [0.2, 0.25) is 0 Å². The summed E-state index contributed by atoms with van der Waals surface area (Å²) >= 11 is 6.77. The number of methoxy groups -OCH3 is 1. The first-order chi connectivity index (χ1) is 10.4. The van der Waals surface area contributed by atoms with Crippen molar-refractivity contribution in [3.8, 4) is 0 Å². The number of thiophene rings is 1. The maximum Gasteiger partial charge on any atom is 0.341 e. The Bertz CT molecular complexity index is 726. The highest BCUT2D eigenvalue weighted by Gasteiger charge is 2.20. The second-order valence-corrected chi connectivity index (χ2v) is 6.36. The third kappa shape index (κ3) is 3.42. The molecule has 0 amide bonds. The first-order valence-corrected chi connectivity index (χ1v) is 7.84. The maximum atomic E-state index is 11.9. The Labute approximate surface area is 138 Å². The lowest BCUT2D eigenvalue weighted by molar-refractivity contribution is 0.0601. The highest BCUT2D eigenvalue weighted by Crippen LogP contribution is 2.33. The Balaban J connectivity index is 2.21. The molecule has 0 saturated carbocycles. The van der Waals surface area contributed by atoms with Gasteiger partial charge in [0.05, 0.1) is 12.7 Å². The Morgan fingerprint density at radius 1 is 1.32 bits per heavy atom. The first kappa shape index (κ1) is 16.4. The molecule has 116 valence electrons. The van der Waals surface area contributed by atoms with E-state index in [0.717, 1.165) is 16.0 Å². The molecule has 0 aliphatic rings. The van der Waals surface area contributed by atoms with Crippen molar-refractivity contribution < 1.29 is 9.53 Å². The van der Waals surface area contributed by atoms with Gasteiger partial charge in [-0.2, -0.15) is 0 Å². The van der Waals surface area contributed by atoms with Gasteiger partial charge in [0, 0.05) is 11.1 Å². The van der Waals surface area contributed by atoms with Crippen LogP contribution in [0.1, 0.15) is 26.4 Å². The Morgan fingerprint density at radius 3 is 2.68 bits per heavy atom. The average Bonchev–Trinajstić information content (AvgIpc) is 2.75. The van der Waals surface area contributed by atoms with Crippen molar-refractivity contribution in [2.45, 2.75) is 20.8 Å². The summed E-state index contributed by atoms with van der Waals surface area (Å²) in [5.74, 6) is 0.311. The summed E-state index contributed by atoms with van der Waals surface area (Å²) < 4.78 is 4.84. The van der Waals surface area contributed by atoms with E-state index in [1.165, 1.54) is 18.4 Å². The molecule has 22 heavy (non-hydrogen) atoms. The fraction of sp³-hybridized carbons (Fsp3) is 0.267. The van der Waals surface area contributed by atoms with Crippen LogP contribution < -0.4 is 10.6 Å². The lowest BCUT2D eigenvalue weighted by atomic mass is 10.1.